The average molecular weight is 428 g/mol. The van der Waals surface area contributed by atoms with Crippen molar-refractivity contribution in [3.63, 3.8) is 0 Å². The zero-order valence-electron chi connectivity index (χ0n) is 17.9. The molecule has 3 aromatic rings. The lowest BCUT2D eigenvalue weighted by Crippen LogP contribution is -2.34. The fraction of sp³-hybridized carbons (Fsp3) is 0.280. The van der Waals surface area contributed by atoms with Crippen LogP contribution in [0.1, 0.15) is 46.4 Å². The van der Waals surface area contributed by atoms with E-state index in [1.807, 2.05) is 29.7 Å². The third-order valence-electron chi connectivity index (χ3n) is 5.83. The number of fused-ring (bicyclic) bond motifs is 1. The van der Waals surface area contributed by atoms with Crippen molar-refractivity contribution in [1.82, 2.24) is 14.5 Å². The van der Waals surface area contributed by atoms with Gasteiger partial charge in [-0.1, -0.05) is 6.42 Å². The van der Waals surface area contributed by atoms with Crippen LogP contribution in [0.15, 0.2) is 42.6 Å². The molecular formula is C25H24N4O3. The zero-order valence-corrected chi connectivity index (χ0v) is 17.9. The zero-order chi connectivity index (χ0) is 22.7. The van der Waals surface area contributed by atoms with Gasteiger partial charge < -0.3 is 9.67 Å². The number of carbonyl (C=O) groups excluding carboxylic acids is 1. The average Bonchev–Trinajstić information content (AvgIpc) is 3.09. The van der Waals surface area contributed by atoms with Gasteiger partial charge in [0.05, 0.1) is 34.8 Å². The molecule has 1 aliphatic heterocycles. The molecule has 0 amide bonds. The highest BCUT2D eigenvalue weighted by atomic mass is 16.4. The van der Waals surface area contributed by atoms with Crippen LogP contribution in [0.5, 0.6) is 0 Å². The minimum absolute atomic E-state index is 0.0307. The van der Waals surface area contributed by atoms with Gasteiger partial charge in [-0.25, -0.2) is 4.79 Å². The van der Waals surface area contributed by atoms with E-state index in [4.69, 9.17) is 10.4 Å². The van der Waals surface area contributed by atoms with E-state index in [-0.39, 0.29) is 5.78 Å². The maximum Gasteiger partial charge on any atom is 0.328 e. The van der Waals surface area contributed by atoms with E-state index in [0.717, 1.165) is 48.9 Å². The number of likely N-dealkylation sites (tertiary alicyclic amines) is 1. The summed E-state index contributed by atoms with van der Waals surface area (Å²) < 4.78 is 1.95. The Labute approximate surface area is 186 Å². The predicted molar refractivity (Wildman–Crippen MR) is 122 cm³/mol. The Morgan fingerprint density at radius 3 is 2.56 bits per heavy atom. The second kappa shape index (κ2) is 9.16. The summed E-state index contributed by atoms with van der Waals surface area (Å²) >= 11 is 0. The Morgan fingerprint density at radius 2 is 1.91 bits per heavy atom. The van der Waals surface area contributed by atoms with Crippen LogP contribution in [0, 0.1) is 18.3 Å². The molecule has 0 atom stereocenters. The van der Waals surface area contributed by atoms with Crippen LogP contribution in [0.4, 0.5) is 0 Å². The van der Waals surface area contributed by atoms with E-state index < -0.39 is 5.97 Å². The molecule has 0 unspecified atom stereocenters. The Bertz CT molecular complexity index is 1240. The second-order valence-corrected chi connectivity index (χ2v) is 8.02. The van der Waals surface area contributed by atoms with E-state index in [1.54, 1.807) is 18.3 Å². The number of nitrogens with zero attached hydrogens (tertiary/aromatic N) is 4. The molecule has 4 rings (SSSR count). The lowest BCUT2D eigenvalue weighted by atomic mass is 10.1. The number of rotatable bonds is 6. The minimum atomic E-state index is -1.04. The van der Waals surface area contributed by atoms with Crippen LogP contribution in [-0.4, -0.2) is 50.9 Å². The first-order valence-electron chi connectivity index (χ1n) is 10.7. The molecule has 7 heteroatoms. The van der Waals surface area contributed by atoms with E-state index in [9.17, 15) is 9.59 Å². The molecule has 0 aliphatic carbocycles. The van der Waals surface area contributed by atoms with Crippen molar-refractivity contribution < 1.29 is 14.7 Å². The van der Waals surface area contributed by atoms with Gasteiger partial charge in [0.15, 0.2) is 5.78 Å². The largest absolute Gasteiger partial charge is 0.478 e. The molecule has 1 saturated heterocycles. The monoisotopic (exact) mass is 428 g/mol. The number of aliphatic carboxylic acids is 1. The van der Waals surface area contributed by atoms with Gasteiger partial charge in [-0.2, -0.15) is 5.26 Å². The van der Waals surface area contributed by atoms with E-state index in [0.29, 0.717) is 28.8 Å². The lowest BCUT2D eigenvalue weighted by molar-refractivity contribution is -0.131. The van der Waals surface area contributed by atoms with Crippen molar-refractivity contribution in [2.45, 2.75) is 26.2 Å². The number of carboxylic acids is 1. The molecular weight excluding hydrogens is 404 g/mol. The summed E-state index contributed by atoms with van der Waals surface area (Å²) in [5, 5.41) is 18.1. The van der Waals surface area contributed by atoms with Crippen molar-refractivity contribution in [1.29, 1.82) is 5.26 Å². The molecule has 162 valence electrons. The summed E-state index contributed by atoms with van der Waals surface area (Å²) in [6, 6.07) is 11.1. The standard InChI is InChI=1S/C25H24N4O3/c1-17-24(22(30)16-28-11-3-2-4-12-28)25-21(13-19(15-27-25)7-10-23(31)32)29(17)20-8-5-18(14-26)6-9-20/h5-10,13,15H,2-4,11-12,16H2,1H3,(H,31,32). The molecule has 0 bridgehead atoms. The van der Waals surface area contributed by atoms with Crippen molar-refractivity contribution in [2.75, 3.05) is 19.6 Å². The smallest absolute Gasteiger partial charge is 0.328 e. The highest BCUT2D eigenvalue weighted by Crippen LogP contribution is 2.30. The van der Waals surface area contributed by atoms with Crippen LogP contribution in [0.2, 0.25) is 0 Å². The quantitative estimate of drug-likeness (QED) is 0.471. The first kappa shape index (κ1) is 21.5. The highest BCUT2D eigenvalue weighted by molar-refractivity contribution is 6.09. The molecule has 2 aromatic heterocycles. The number of aromatic nitrogens is 2. The molecule has 0 spiro atoms. The van der Waals surface area contributed by atoms with Gasteiger partial charge in [-0.3, -0.25) is 14.7 Å². The Morgan fingerprint density at radius 1 is 1.19 bits per heavy atom. The number of benzene rings is 1. The van der Waals surface area contributed by atoms with E-state index in [2.05, 4.69) is 16.0 Å². The number of carbonyl (C=O) groups is 2. The van der Waals surface area contributed by atoms with Crippen molar-refractivity contribution in [3.8, 4) is 11.8 Å². The number of pyridine rings is 1. The van der Waals surface area contributed by atoms with Crippen molar-refractivity contribution in [2.24, 2.45) is 0 Å². The number of hydrogen-bond acceptors (Lipinski definition) is 5. The topological polar surface area (TPSA) is 99.2 Å². The van der Waals surface area contributed by atoms with Crippen LogP contribution in [-0.2, 0) is 4.79 Å². The number of ketones is 1. The van der Waals surface area contributed by atoms with Crippen LogP contribution in [0.25, 0.3) is 22.8 Å². The third-order valence-corrected chi connectivity index (χ3v) is 5.83. The fourth-order valence-electron chi connectivity index (χ4n) is 4.31. The molecule has 1 fully saturated rings. The molecule has 1 aliphatic rings. The van der Waals surface area contributed by atoms with Crippen molar-refractivity contribution in [3.05, 3.63) is 65.0 Å². The van der Waals surface area contributed by atoms with Gasteiger partial charge in [0.2, 0.25) is 0 Å². The Kier molecular flexibility index (Phi) is 6.15. The SMILES string of the molecule is Cc1c(C(=O)CN2CCCCC2)c2ncc(C=CC(=O)O)cc2n1-c1ccc(C#N)cc1. The fourth-order valence-corrected chi connectivity index (χ4v) is 4.31. The second-order valence-electron chi connectivity index (χ2n) is 8.02. The summed E-state index contributed by atoms with van der Waals surface area (Å²) in [5.41, 5.74) is 4.67. The molecule has 32 heavy (non-hydrogen) atoms. The maximum atomic E-state index is 13.4. The van der Waals surface area contributed by atoms with Crippen molar-refractivity contribution >= 4 is 28.9 Å². The van der Waals surface area contributed by atoms with Crippen LogP contribution < -0.4 is 0 Å². The number of piperidine rings is 1. The van der Waals surface area contributed by atoms with Gasteiger partial charge in [0.1, 0.15) is 0 Å². The molecule has 1 aromatic carbocycles. The van der Waals surface area contributed by atoms with Gasteiger partial charge in [0.25, 0.3) is 0 Å². The number of Topliss-reactive ketones (excluding diaryl/α,β-unsaturated/α-hetero) is 1. The summed E-state index contributed by atoms with van der Waals surface area (Å²) in [6.45, 7) is 4.11. The molecule has 0 radical (unpaired) electrons. The lowest BCUT2D eigenvalue weighted by Gasteiger charge is -2.25. The number of hydrogen-bond donors (Lipinski definition) is 1. The maximum absolute atomic E-state index is 13.4. The molecule has 3 heterocycles. The minimum Gasteiger partial charge on any atom is -0.478 e. The van der Waals surface area contributed by atoms with Crippen LogP contribution in [0.3, 0.4) is 0 Å². The van der Waals surface area contributed by atoms with Gasteiger partial charge in [0, 0.05) is 23.7 Å². The van der Waals surface area contributed by atoms with Gasteiger partial charge in [-0.15, -0.1) is 0 Å². The highest BCUT2D eigenvalue weighted by Gasteiger charge is 2.24. The predicted octanol–water partition coefficient (Wildman–Crippen LogP) is 3.97. The molecule has 7 nitrogen and oxygen atoms in total. The van der Waals surface area contributed by atoms with E-state index >= 15 is 0 Å². The summed E-state index contributed by atoms with van der Waals surface area (Å²) in [7, 11) is 0. The summed E-state index contributed by atoms with van der Waals surface area (Å²) in [6.07, 6.45) is 7.55. The molecule has 1 N–H and O–H groups in total. The Hall–Kier alpha value is -3.76. The number of nitriles is 1. The number of carboxylic acid groups (broad SMARTS) is 1. The third kappa shape index (κ3) is 4.32. The summed E-state index contributed by atoms with van der Waals surface area (Å²) in [4.78, 5) is 31.0. The summed E-state index contributed by atoms with van der Waals surface area (Å²) in [5.74, 6) is -1.01. The van der Waals surface area contributed by atoms with E-state index in [1.165, 1.54) is 12.5 Å². The first-order valence-corrected chi connectivity index (χ1v) is 10.7. The first-order chi connectivity index (χ1) is 15.5. The normalized spacial score (nSPS) is 14.6. The Balaban J connectivity index is 1.84. The molecule has 0 saturated carbocycles. The van der Waals surface area contributed by atoms with Gasteiger partial charge in [-0.05, 0) is 74.8 Å². The van der Waals surface area contributed by atoms with Crippen LogP contribution >= 0.6 is 0 Å². The van der Waals surface area contributed by atoms with Gasteiger partial charge >= 0.3 is 5.97 Å².